The normalized spacial score (nSPS) is 18.6. The zero-order valence-corrected chi connectivity index (χ0v) is 17.1. The summed E-state index contributed by atoms with van der Waals surface area (Å²) in [5.74, 6) is -0.330. The summed E-state index contributed by atoms with van der Waals surface area (Å²) in [7, 11) is 0. The van der Waals surface area contributed by atoms with Crippen LogP contribution in [-0.4, -0.2) is 21.5 Å². The number of hydrazone groups is 1. The highest BCUT2D eigenvalue weighted by Gasteiger charge is 2.33. The summed E-state index contributed by atoms with van der Waals surface area (Å²) in [5, 5.41) is 18.3. The van der Waals surface area contributed by atoms with Crippen molar-refractivity contribution < 1.29 is 14.5 Å². The number of non-ortho nitro benzene ring substituents is 1. The fourth-order valence-electron chi connectivity index (χ4n) is 3.53. The number of fused-ring (bicyclic) bond motifs is 1. The maximum atomic E-state index is 13.5. The van der Waals surface area contributed by atoms with Gasteiger partial charge in [-0.15, -0.1) is 0 Å². The Balaban J connectivity index is 1.83. The molecule has 0 aromatic heterocycles. The Bertz CT molecular complexity index is 1110. The molecule has 2 aliphatic rings. The van der Waals surface area contributed by atoms with Crippen molar-refractivity contribution in [3.05, 3.63) is 80.4 Å². The third kappa shape index (κ3) is 3.66. The van der Waals surface area contributed by atoms with Gasteiger partial charge in [-0.25, -0.2) is 5.01 Å². The molecular weight excluding hydrogens is 402 g/mol. The number of aryl methyl sites for hydroxylation is 1. The van der Waals surface area contributed by atoms with Gasteiger partial charge in [0.1, 0.15) is 5.03 Å². The quantitative estimate of drug-likeness (QED) is 0.303. The van der Waals surface area contributed by atoms with Gasteiger partial charge in [0.15, 0.2) is 16.6 Å². The van der Waals surface area contributed by atoms with E-state index in [9.17, 15) is 19.7 Å². The minimum atomic E-state index is -0.493. The van der Waals surface area contributed by atoms with Gasteiger partial charge in [0.25, 0.3) is 5.69 Å². The van der Waals surface area contributed by atoms with Crippen LogP contribution >= 0.6 is 11.8 Å². The Labute approximate surface area is 177 Å². The van der Waals surface area contributed by atoms with Gasteiger partial charge in [-0.2, -0.15) is 5.10 Å². The van der Waals surface area contributed by atoms with Crippen LogP contribution in [0.4, 0.5) is 11.4 Å². The summed E-state index contributed by atoms with van der Waals surface area (Å²) in [6.45, 7) is 1.77. The molecule has 0 spiro atoms. The third-order valence-electron chi connectivity index (χ3n) is 5.09. The van der Waals surface area contributed by atoms with E-state index in [4.69, 9.17) is 0 Å². The Morgan fingerprint density at radius 2 is 1.97 bits per heavy atom. The molecular formula is C22H19N3O4S. The van der Waals surface area contributed by atoms with Crippen molar-refractivity contribution in [2.24, 2.45) is 5.10 Å². The number of nitro groups is 1. The standard InChI is InChI=1S/C22H19N3O4S/c1-2-19(26)21-23-24(15-8-4-3-5-9-15)22(30-21)17-10-6-7-14-11-12-16(25(28)29)13-18(14)20(17)27/h3-5,8-9,11-13H,2,6-7,10H2,1H3/b22-17-. The average molecular weight is 421 g/mol. The minimum Gasteiger partial charge on any atom is -0.292 e. The van der Waals surface area contributed by atoms with Crippen molar-refractivity contribution in [1.82, 2.24) is 0 Å². The Morgan fingerprint density at radius 1 is 1.20 bits per heavy atom. The van der Waals surface area contributed by atoms with Gasteiger partial charge >= 0.3 is 0 Å². The van der Waals surface area contributed by atoms with E-state index >= 15 is 0 Å². The number of thioether (sulfide) groups is 1. The van der Waals surface area contributed by atoms with Crippen LogP contribution in [0.25, 0.3) is 0 Å². The van der Waals surface area contributed by atoms with Crippen LogP contribution in [-0.2, 0) is 11.2 Å². The van der Waals surface area contributed by atoms with E-state index in [0.717, 1.165) is 17.7 Å². The lowest BCUT2D eigenvalue weighted by atomic mass is 9.99. The summed E-state index contributed by atoms with van der Waals surface area (Å²) in [6, 6.07) is 13.8. The number of anilines is 1. The first-order valence-corrected chi connectivity index (χ1v) is 10.5. The monoisotopic (exact) mass is 421 g/mol. The molecule has 8 heteroatoms. The van der Waals surface area contributed by atoms with E-state index in [0.29, 0.717) is 40.5 Å². The zero-order valence-electron chi connectivity index (χ0n) is 16.3. The number of carbonyl (C=O) groups excluding carboxylic acids is 2. The highest BCUT2D eigenvalue weighted by Crippen LogP contribution is 2.40. The number of para-hydroxylation sites is 1. The first kappa shape index (κ1) is 20.0. The number of benzene rings is 2. The topological polar surface area (TPSA) is 92.9 Å². The largest absolute Gasteiger partial charge is 0.292 e. The molecule has 7 nitrogen and oxygen atoms in total. The highest BCUT2D eigenvalue weighted by molar-refractivity contribution is 8.19. The van der Waals surface area contributed by atoms with Gasteiger partial charge in [-0.05, 0) is 48.7 Å². The first-order chi connectivity index (χ1) is 14.5. The van der Waals surface area contributed by atoms with E-state index in [2.05, 4.69) is 5.10 Å². The molecule has 0 bridgehead atoms. The molecule has 0 amide bonds. The fraction of sp³-hybridized carbons (Fsp3) is 0.227. The summed E-state index contributed by atoms with van der Waals surface area (Å²) >= 11 is 1.20. The lowest BCUT2D eigenvalue weighted by Gasteiger charge is -2.18. The van der Waals surface area contributed by atoms with Gasteiger partial charge in [0.2, 0.25) is 0 Å². The van der Waals surface area contributed by atoms with Crippen LogP contribution in [0.2, 0.25) is 0 Å². The number of hydrogen-bond donors (Lipinski definition) is 0. The van der Waals surface area contributed by atoms with Crippen molar-refractivity contribution in [3.8, 4) is 0 Å². The van der Waals surface area contributed by atoms with Gasteiger partial charge in [-0.1, -0.05) is 31.2 Å². The second-order valence-corrected chi connectivity index (χ2v) is 7.97. The number of allylic oxidation sites excluding steroid dienone is 1. The molecule has 2 aromatic rings. The maximum Gasteiger partial charge on any atom is 0.270 e. The van der Waals surface area contributed by atoms with E-state index in [1.807, 2.05) is 30.3 Å². The summed E-state index contributed by atoms with van der Waals surface area (Å²) < 4.78 is 0. The molecule has 1 aliphatic carbocycles. The zero-order chi connectivity index (χ0) is 21.3. The van der Waals surface area contributed by atoms with Crippen LogP contribution in [0.3, 0.4) is 0 Å². The second kappa shape index (κ2) is 8.23. The van der Waals surface area contributed by atoms with Crippen LogP contribution in [0.1, 0.15) is 42.1 Å². The summed E-state index contributed by atoms with van der Waals surface area (Å²) in [5.41, 5.74) is 2.34. The van der Waals surface area contributed by atoms with Gasteiger partial charge in [0.05, 0.1) is 10.6 Å². The number of nitro benzene ring substituents is 1. The van der Waals surface area contributed by atoms with Gasteiger partial charge < -0.3 is 0 Å². The summed E-state index contributed by atoms with van der Waals surface area (Å²) in [4.78, 5) is 36.5. The van der Waals surface area contributed by atoms with Crippen molar-refractivity contribution in [1.29, 1.82) is 0 Å². The van der Waals surface area contributed by atoms with Crippen LogP contribution < -0.4 is 5.01 Å². The number of Topliss-reactive ketones (excluding diaryl/α,β-unsaturated/α-hetero) is 2. The van der Waals surface area contributed by atoms with Crippen molar-refractivity contribution in [2.45, 2.75) is 32.6 Å². The highest BCUT2D eigenvalue weighted by atomic mass is 32.2. The van der Waals surface area contributed by atoms with Crippen LogP contribution in [0.15, 0.2) is 64.2 Å². The SMILES string of the molecule is CCC(=O)C1=NN(c2ccccc2)/C(=C2\CCCc3ccc([N+](=O)[O-])cc3C2=O)S1. The second-order valence-electron chi connectivity index (χ2n) is 7.00. The van der Waals surface area contributed by atoms with Crippen molar-refractivity contribution in [2.75, 3.05) is 5.01 Å². The third-order valence-corrected chi connectivity index (χ3v) is 6.21. The number of carbonyl (C=O) groups is 2. The van der Waals surface area contributed by atoms with Gasteiger partial charge in [-0.3, -0.25) is 19.7 Å². The number of ketones is 2. The Hall–Kier alpha value is -3.26. The lowest BCUT2D eigenvalue weighted by Crippen LogP contribution is -2.15. The molecule has 0 atom stereocenters. The van der Waals surface area contributed by atoms with Crippen LogP contribution in [0, 0.1) is 10.1 Å². The summed E-state index contributed by atoms with van der Waals surface area (Å²) in [6.07, 6.45) is 2.22. The molecule has 152 valence electrons. The van der Waals surface area contributed by atoms with E-state index in [1.165, 1.54) is 23.9 Å². The molecule has 0 radical (unpaired) electrons. The van der Waals surface area contributed by atoms with E-state index in [1.54, 1.807) is 18.0 Å². The minimum absolute atomic E-state index is 0.0892. The predicted molar refractivity (Wildman–Crippen MR) is 117 cm³/mol. The van der Waals surface area contributed by atoms with Crippen molar-refractivity contribution >= 4 is 39.7 Å². The molecule has 0 saturated heterocycles. The molecule has 0 unspecified atom stereocenters. The number of hydrogen-bond acceptors (Lipinski definition) is 7. The van der Waals surface area contributed by atoms with Gasteiger partial charge in [0, 0.05) is 29.7 Å². The number of rotatable bonds is 4. The fourth-order valence-corrected chi connectivity index (χ4v) is 4.65. The predicted octanol–water partition coefficient (Wildman–Crippen LogP) is 4.87. The molecule has 2 aromatic carbocycles. The first-order valence-electron chi connectivity index (χ1n) is 9.69. The molecule has 4 rings (SSSR count). The molecule has 1 aliphatic heterocycles. The van der Waals surface area contributed by atoms with E-state index in [-0.39, 0.29) is 17.3 Å². The molecule has 0 saturated carbocycles. The van der Waals surface area contributed by atoms with Crippen LogP contribution in [0.5, 0.6) is 0 Å². The molecule has 30 heavy (non-hydrogen) atoms. The van der Waals surface area contributed by atoms with E-state index < -0.39 is 4.92 Å². The maximum absolute atomic E-state index is 13.5. The Kier molecular flexibility index (Phi) is 5.50. The smallest absolute Gasteiger partial charge is 0.270 e. The average Bonchev–Trinajstić information content (AvgIpc) is 3.14. The molecule has 1 heterocycles. The van der Waals surface area contributed by atoms with Crippen molar-refractivity contribution in [3.63, 3.8) is 0 Å². The molecule has 0 N–H and O–H groups in total. The lowest BCUT2D eigenvalue weighted by molar-refractivity contribution is -0.384. The Morgan fingerprint density at radius 3 is 2.67 bits per heavy atom. The number of nitrogens with zero attached hydrogens (tertiary/aromatic N) is 3. The molecule has 0 fully saturated rings.